The lowest BCUT2D eigenvalue weighted by molar-refractivity contribution is 0.180. The lowest BCUT2D eigenvalue weighted by Gasteiger charge is -2.24. The van der Waals surface area contributed by atoms with Crippen LogP contribution in [0.2, 0.25) is 0 Å². The van der Waals surface area contributed by atoms with Crippen LogP contribution in [0, 0.1) is 0 Å². The maximum absolute atomic E-state index is 5.71. The molecule has 0 bridgehead atoms. The van der Waals surface area contributed by atoms with Crippen molar-refractivity contribution in [3.8, 4) is 5.75 Å². The molecular formula is C10H15OP. The number of rotatable bonds is 3. The number of benzene rings is 1. The molecule has 0 fully saturated rings. The molecule has 66 valence electrons. The Morgan fingerprint density at radius 1 is 1.33 bits per heavy atom. The largest absolute Gasteiger partial charge is 0.484 e. The molecule has 1 rings (SSSR count). The first-order valence-corrected chi connectivity index (χ1v) is 4.75. The maximum Gasteiger partial charge on any atom is 0.120 e. The van der Waals surface area contributed by atoms with E-state index in [1.807, 2.05) is 30.3 Å². The molecule has 0 N–H and O–H groups in total. The summed E-state index contributed by atoms with van der Waals surface area (Å²) in [5.74, 6) is 0.928. The zero-order valence-corrected chi connectivity index (χ0v) is 8.73. The lowest BCUT2D eigenvalue weighted by atomic mass is 10.3. The van der Waals surface area contributed by atoms with E-state index in [9.17, 15) is 0 Å². The van der Waals surface area contributed by atoms with Crippen molar-refractivity contribution >= 4 is 9.24 Å². The second-order valence-corrected chi connectivity index (χ2v) is 4.30. The fourth-order valence-corrected chi connectivity index (χ4v) is 0.966. The van der Waals surface area contributed by atoms with Crippen LogP contribution in [0.5, 0.6) is 5.75 Å². The molecule has 0 amide bonds. The van der Waals surface area contributed by atoms with E-state index in [2.05, 4.69) is 23.1 Å². The first kappa shape index (κ1) is 9.54. The first-order chi connectivity index (χ1) is 5.64. The molecule has 0 spiro atoms. The van der Waals surface area contributed by atoms with Crippen LogP contribution in [0.4, 0.5) is 0 Å². The van der Waals surface area contributed by atoms with E-state index >= 15 is 0 Å². The molecule has 12 heavy (non-hydrogen) atoms. The van der Waals surface area contributed by atoms with E-state index in [1.54, 1.807) is 0 Å². The van der Waals surface area contributed by atoms with Crippen LogP contribution in [-0.2, 0) is 0 Å². The van der Waals surface area contributed by atoms with Crippen LogP contribution in [-0.4, -0.2) is 5.34 Å². The van der Waals surface area contributed by atoms with Crippen LogP contribution in [0.1, 0.15) is 20.3 Å². The Labute approximate surface area is 76.3 Å². The Hall–Kier alpha value is -0.550. The van der Waals surface area contributed by atoms with Gasteiger partial charge in [0.2, 0.25) is 0 Å². The van der Waals surface area contributed by atoms with E-state index < -0.39 is 0 Å². The van der Waals surface area contributed by atoms with E-state index in [4.69, 9.17) is 4.74 Å². The van der Waals surface area contributed by atoms with Gasteiger partial charge in [-0.2, -0.15) is 0 Å². The molecule has 0 heterocycles. The monoisotopic (exact) mass is 182 g/mol. The van der Waals surface area contributed by atoms with Crippen molar-refractivity contribution in [2.24, 2.45) is 0 Å². The third-order valence-corrected chi connectivity index (χ3v) is 2.32. The average Bonchev–Trinajstić information content (AvgIpc) is 2.06. The van der Waals surface area contributed by atoms with Gasteiger partial charge in [0.05, 0.1) is 0 Å². The lowest BCUT2D eigenvalue weighted by Crippen LogP contribution is -2.22. The number of hydrogen-bond acceptors (Lipinski definition) is 1. The van der Waals surface area contributed by atoms with Crippen molar-refractivity contribution < 1.29 is 4.74 Å². The number of hydrogen-bond donors (Lipinski definition) is 0. The molecule has 0 aliphatic carbocycles. The van der Waals surface area contributed by atoms with Crippen molar-refractivity contribution in [3.63, 3.8) is 0 Å². The van der Waals surface area contributed by atoms with Crippen molar-refractivity contribution in [2.75, 3.05) is 0 Å². The smallest absolute Gasteiger partial charge is 0.120 e. The average molecular weight is 182 g/mol. The van der Waals surface area contributed by atoms with Crippen molar-refractivity contribution in [3.05, 3.63) is 30.3 Å². The Bertz CT molecular complexity index is 231. The minimum atomic E-state index is -0.138. The maximum atomic E-state index is 5.71. The summed E-state index contributed by atoms with van der Waals surface area (Å²) in [5.41, 5.74) is 0. The standard InChI is InChI=1S/C10H15OP/c1-3-10(2,12)11-9-7-5-4-6-8-9/h4-8H,3,12H2,1-2H3. The Morgan fingerprint density at radius 3 is 2.42 bits per heavy atom. The van der Waals surface area contributed by atoms with E-state index in [-0.39, 0.29) is 5.34 Å². The third-order valence-electron chi connectivity index (χ3n) is 1.80. The van der Waals surface area contributed by atoms with Crippen LogP contribution in [0.25, 0.3) is 0 Å². The zero-order chi connectivity index (χ0) is 9.03. The van der Waals surface area contributed by atoms with Gasteiger partial charge in [-0.25, -0.2) is 0 Å². The summed E-state index contributed by atoms with van der Waals surface area (Å²) in [4.78, 5) is 0. The predicted molar refractivity (Wildman–Crippen MR) is 55.5 cm³/mol. The highest BCUT2D eigenvalue weighted by Crippen LogP contribution is 2.26. The molecular weight excluding hydrogens is 167 g/mol. The van der Waals surface area contributed by atoms with Gasteiger partial charge in [-0.1, -0.05) is 34.4 Å². The highest BCUT2D eigenvalue weighted by molar-refractivity contribution is 7.18. The topological polar surface area (TPSA) is 9.23 Å². The molecule has 0 aliphatic rings. The third kappa shape index (κ3) is 2.83. The normalized spacial score (nSPS) is 15.2. The Balaban J connectivity index is 2.64. The Kier molecular flexibility index (Phi) is 3.11. The SMILES string of the molecule is CCC(C)(P)Oc1ccccc1. The summed E-state index contributed by atoms with van der Waals surface area (Å²) < 4.78 is 5.71. The van der Waals surface area contributed by atoms with Gasteiger partial charge in [0.1, 0.15) is 11.1 Å². The minimum Gasteiger partial charge on any atom is -0.484 e. The molecule has 1 aromatic rings. The second kappa shape index (κ2) is 3.91. The van der Waals surface area contributed by atoms with Crippen LogP contribution in [0.3, 0.4) is 0 Å². The molecule has 1 aromatic carbocycles. The second-order valence-electron chi connectivity index (χ2n) is 3.08. The minimum absolute atomic E-state index is 0.138. The highest BCUT2D eigenvalue weighted by Gasteiger charge is 2.16. The first-order valence-electron chi connectivity index (χ1n) is 4.17. The molecule has 2 atom stereocenters. The van der Waals surface area contributed by atoms with Gasteiger partial charge in [0.15, 0.2) is 0 Å². The van der Waals surface area contributed by atoms with Gasteiger partial charge >= 0.3 is 0 Å². The van der Waals surface area contributed by atoms with Crippen LogP contribution in [0.15, 0.2) is 30.3 Å². The van der Waals surface area contributed by atoms with E-state index in [0.29, 0.717) is 0 Å². The summed E-state index contributed by atoms with van der Waals surface area (Å²) in [5, 5.41) is -0.138. The van der Waals surface area contributed by atoms with Gasteiger partial charge in [-0.3, -0.25) is 0 Å². The van der Waals surface area contributed by atoms with Gasteiger partial charge in [0, 0.05) is 0 Å². The van der Waals surface area contributed by atoms with Crippen molar-refractivity contribution in [2.45, 2.75) is 25.6 Å². The summed E-state index contributed by atoms with van der Waals surface area (Å²) in [6.45, 7) is 4.17. The molecule has 0 radical (unpaired) electrons. The molecule has 1 nitrogen and oxygen atoms in total. The highest BCUT2D eigenvalue weighted by atomic mass is 31.0. The van der Waals surface area contributed by atoms with Gasteiger partial charge in [-0.15, -0.1) is 0 Å². The fraction of sp³-hybridized carbons (Fsp3) is 0.400. The summed E-state index contributed by atoms with van der Waals surface area (Å²) >= 11 is 0. The molecule has 2 heteroatoms. The van der Waals surface area contributed by atoms with E-state index in [0.717, 1.165) is 12.2 Å². The molecule has 0 saturated heterocycles. The summed E-state index contributed by atoms with van der Waals surface area (Å²) in [7, 11) is 2.72. The summed E-state index contributed by atoms with van der Waals surface area (Å²) in [6, 6.07) is 9.88. The van der Waals surface area contributed by atoms with Crippen molar-refractivity contribution in [1.82, 2.24) is 0 Å². The molecule has 0 saturated carbocycles. The van der Waals surface area contributed by atoms with Crippen molar-refractivity contribution in [1.29, 1.82) is 0 Å². The number of ether oxygens (including phenoxy) is 1. The van der Waals surface area contributed by atoms with E-state index in [1.165, 1.54) is 0 Å². The molecule has 0 aliphatic heterocycles. The van der Waals surface area contributed by atoms with Gasteiger partial charge in [-0.05, 0) is 25.5 Å². The number of para-hydroxylation sites is 1. The predicted octanol–water partition coefficient (Wildman–Crippen LogP) is 3.07. The molecule has 2 unspecified atom stereocenters. The fourth-order valence-electron chi connectivity index (χ4n) is 0.830. The van der Waals surface area contributed by atoms with Crippen LogP contribution < -0.4 is 4.74 Å². The molecule has 0 aromatic heterocycles. The van der Waals surface area contributed by atoms with Gasteiger partial charge in [0.25, 0.3) is 0 Å². The van der Waals surface area contributed by atoms with Crippen LogP contribution >= 0.6 is 9.24 Å². The Morgan fingerprint density at radius 2 is 1.92 bits per heavy atom. The summed E-state index contributed by atoms with van der Waals surface area (Å²) in [6.07, 6.45) is 0.979. The zero-order valence-electron chi connectivity index (χ0n) is 7.58. The van der Waals surface area contributed by atoms with Gasteiger partial charge < -0.3 is 4.74 Å². The quantitative estimate of drug-likeness (QED) is 0.653.